The van der Waals surface area contributed by atoms with Crippen LogP contribution in [0.25, 0.3) is 0 Å². The topological polar surface area (TPSA) is 35.2 Å². The average Bonchev–Trinajstić information content (AvgIpc) is 2.42. The van der Waals surface area contributed by atoms with E-state index in [1.54, 1.807) is 6.07 Å². The fourth-order valence-corrected chi connectivity index (χ4v) is 2.89. The zero-order valence-corrected chi connectivity index (χ0v) is 12.7. The van der Waals surface area contributed by atoms with Crippen LogP contribution in [0, 0.1) is 12.7 Å². The molecule has 20 heavy (non-hydrogen) atoms. The lowest BCUT2D eigenvalue weighted by Crippen LogP contribution is -2.24. The zero-order valence-electron chi connectivity index (χ0n) is 11.1. The van der Waals surface area contributed by atoms with Crippen molar-refractivity contribution in [3.63, 3.8) is 0 Å². The molecule has 1 unspecified atom stereocenters. The van der Waals surface area contributed by atoms with Gasteiger partial charge in [0, 0.05) is 22.5 Å². The third-order valence-electron chi connectivity index (χ3n) is 3.68. The number of ether oxygens (including phenoxy) is 1. The molecular formula is C16H15BrFNO. The van der Waals surface area contributed by atoms with E-state index in [4.69, 9.17) is 10.5 Å². The third-order valence-corrected chi connectivity index (χ3v) is 4.53. The van der Waals surface area contributed by atoms with Gasteiger partial charge in [0.15, 0.2) is 0 Å². The van der Waals surface area contributed by atoms with Gasteiger partial charge in [-0.3, -0.25) is 0 Å². The molecule has 2 aromatic carbocycles. The van der Waals surface area contributed by atoms with Crippen molar-refractivity contribution in [2.75, 3.05) is 0 Å². The Morgan fingerprint density at radius 3 is 2.80 bits per heavy atom. The Balaban J connectivity index is 1.94. The van der Waals surface area contributed by atoms with Crippen LogP contribution in [0.3, 0.4) is 0 Å². The molecule has 1 aliphatic heterocycles. The Hall–Kier alpha value is -1.39. The number of hydrogen-bond acceptors (Lipinski definition) is 2. The fraction of sp³-hybridized carbons (Fsp3) is 0.250. The summed E-state index contributed by atoms with van der Waals surface area (Å²) in [5.41, 5.74) is 9.15. The van der Waals surface area contributed by atoms with E-state index in [9.17, 15) is 4.39 Å². The number of halogens is 2. The zero-order chi connectivity index (χ0) is 14.3. The van der Waals surface area contributed by atoms with Crippen LogP contribution in [0.2, 0.25) is 0 Å². The molecule has 2 N–H and O–H groups in total. The first-order valence-corrected chi connectivity index (χ1v) is 7.31. The number of fused-ring (bicyclic) bond motifs is 1. The molecule has 0 radical (unpaired) electrons. The van der Waals surface area contributed by atoms with Crippen LogP contribution in [0.15, 0.2) is 40.9 Å². The van der Waals surface area contributed by atoms with Crippen LogP contribution < -0.4 is 10.5 Å². The molecule has 2 aromatic rings. The largest absolute Gasteiger partial charge is 0.485 e. The molecule has 104 valence electrons. The van der Waals surface area contributed by atoms with Gasteiger partial charge in [0.1, 0.15) is 17.7 Å². The van der Waals surface area contributed by atoms with Crippen molar-refractivity contribution in [2.24, 2.45) is 5.73 Å². The normalized spacial score (nSPS) is 21.2. The van der Waals surface area contributed by atoms with Gasteiger partial charge in [-0.1, -0.05) is 28.1 Å². The third kappa shape index (κ3) is 2.45. The number of aryl methyl sites for hydroxylation is 1. The number of benzene rings is 2. The highest BCUT2D eigenvalue weighted by Crippen LogP contribution is 2.40. The van der Waals surface area contributed by atoms with Crippen molar-refractivity contribution in [3.05, 3.63) is 63.4 Å². The SMILES string of the molecule is Cc1ccc(C2C[C@H](N)c3cc(F)ccc3O2)cc1Br. The standard InChI is InChI=1S/C16H15BrFNO/c1-9-2-3-10(6-13(9)17)16-8-14(19)12-7-11(18)4-5-15(12)20-16/h2-7,14,16H,8,19H2,1H3/t14-,16?/m0/s1. The molecule has 0 saturated carbocycles. The number of nitrogens with two attached hydrogens (primary N) is 1. The highest BCUT2D eigenvalue weighted by Gasteiger charge is 2.27. The number of hydrogen-bond donors (Lipinski definition) is 1. The summed E-state index contributed by atoms with van der Waals surface area (Å²) in [6.45, 7) is 2.04. The predicted octanol–water partition coefficient (Wildman–Crippen LogP) is 4.42. The smallest absolute Gasteiger partial charge is 0.126 e. The lowest BCUT2D eigenvalue weighted by atomic mass is 9.93. The molecule has 0 bridgehead atoms. The minimum atomic E-state index is -0.278. The molecular weight excluding hydrogens is 321 g/mol. The first-order valence-electron chi connectivity index (χ1n) is 6.52. The van der Waals surface area contributed by atoms with Gasteiger partial charge < -0.3 is 10.5 Å². The van der Waals surface area contributed by atoms with Crippen LogP contribution >= 0.6 is 15.9 Å². The highest BCUT2D eigenvalue weighted by atomic mass is 79.9. The second kappa shape index (κ2) is 5.19. The Kier molecular flexibility index (Phi) is 3.52. The Morgan fingerprint density at radius 1 is 1.25 bits per heavy atom. The summed E-state index contributed by atoms with van der Waals surface area (Å²) >= 11 is 3.53. The van der Waals surface area contributed by atoms with Crippen LogP contribution in [0.5, 0.6) is 5.75 Å². The minimum absolute atomic E-state index is 0.0974. The summed E-state index contributed by atoms with van der Waals surface area (Å²) in [4.78, 5) is 0. The maximum Gasteiger partial charge on any atom is 0.126 e. The summed E-state index contributed by atoms with van der Waals surface area (Å²) in [6.07, 6.45) is 0.547. The van der Waals surface area contributed by atoms with Crippen LogP contribution in [-0.2, 0) is 0 Å². The van der Waals surface area contributed by atoms with Gasteiger partial charge in [0.05, 0.1) is 0 Å². The summed E-state index contributed by atoms with van der Waals surface area (Å²) in [6, 6.07) is 10.5. The van der Waals surface area contributed by atoms with Crippen LogP contribution in [0.1, 0.15) is 35.3 Å². The van der Waals surface area contributed by atoms with Crippen molar-refractivity contribution in [3.8, 4) is 5.75 Å². The second-order valence-corrected chi connectivity index (χ2v) is 5.99. The van der Waals surface area contributed by atoms with E-state index < -0.39 is 0 Å². The van der Waals surface area contributed by atoms with Gasteiger partial charge in [-0.2, -0.15) is 0 Å². The van der Waals surface area contributed by atoms with Crippen LogP contribution in [-0.4, -0.2) is 0 Å². The Bertz CT molecular complexity index is 659. The van der Waals surface area contributed by atoms with Crippen molar-refractivity contribution in [1.82, 2.24) is 0 Å². The molecule has 0 aliphatic carbocycles. The maximum atomic E-state index is 13.3. The monoisotopic (exact) mass is 335 g/mol. The second-order valence-electron chi connectivity index (χ2n) is 5.14. The van der Waals surface area contributed by atoms with E-state index >= 15 is 0 Å². The molecule has 0 saturated heterocycles. The molecule has 0 spiro atoms. The predicted molar refractivity (Wildman–Crippen MR) is 80.2 cm³/mol. The van der Waals surface area contributed by atoms with Gasteiger partial charge in [-0.15, -0.1) is 0 Å². The quantitative estimate of drug-likeness (QED) is 0.837. The van der Waals surface area contributed by atoms with Gasteiger partial charge in [0.2, 0.25) is 0 Å². The molecule has 4 heteroatoms. The Morgan fingerprint density at radius 2 is 2.05 bits per heavy atom. The van der Waals surface area contributed by atoms with E-state index in [2.05, 4.69) is 28.1 Å². The van der Waals surface area contributed by atoms with E-state index in [1.165, 1.54) is 17.7 Å². The van der Waals surface area contributed by atoms with Crippen molar-refractivity contribution < 1.29 is 9.13 Å². The lowest BCUT2D eigenvalue weighted by Gasteiger charge is -2.30. The van der Waals surface area contributed by atoms with Crippen LogP contribution in [0.4, 0.5) is 4.39 Å². The molecule has 1 heterocycles. The van der Waals surface area contributed by atoms with E-state index in [0.29, 0.717) is 12.2 Å². The fourth-order valence-electron chi connectivity index (χ4n) is 2.49. The van der Waals surface area contributed by atoms with Gasteiger partial charge in [0.25, 0.3) is 0 Å². The highest BCUT2D eigenvalue weighted by molar-refractivity contribution is 9.10. The first kappa shape index (κ1) is 13.6. The molecule has 0 amide bonds. The molecule has 2 nitrogen and oxygen atoms in total. The van der Waals surface area contributed by atoms with Crippen molar-refractivity contribution in [1.29, 1.82) is 0 Å². The average molecular weight is 336 g/mol. The summed E-state index contributed by atoms with van der Waals surface area (Å²) in [5.74, 6) is 0.395. The van der Waals surface area contributed by atoms with Crippen molar-refractivity contribution in [2.45, 2.75) is 25.5 Å². The van der Waals surface area contributed by atoms with E-state index in [0.717, 1.165) is 15.6 Å². The molecule has 2 atom stereocenters. The maximum absolute atomic E-state index is 13.3. The molecule has 1 aliphatic rings. The van der Waals surface area contributed by atoms with Gasteiger partial charge in [-0.05, 0) is 42.3 Å². The lowest BCUT2D eigenvalue weighted by molar-refractivity contribution is 0.161. The summed E-state index contributed by atoms with van der Waals surface area (Å²) < 4.78 is 20.3. The molecule has 0 aromatic heterocycles. The molecule has 3 rings (SSSR count). The first-order chi connectivity index (χ1) is 9.54. The van der Waals surface area contributed by atoms with Crippen molar-refractivity contribution >= 4 is 15.9 Å². The number of rotatable bonds is 1. The van der Waals surface area contributed by atoms with E-state index in [1.807, 2.05) is 13.0 Å². The van der Waals surface area contributed by atoms with Gasteiger partial charge >= 0.3 is 0 Å². The molecule has 0 fully saturated rings. The van der Waals surface area contributed by atoms with E-state index in [-0.39, 0.29) is 18.0 Å². The summed E-state index contributed by atoms with van der Waals surface area (Å²) in [5, 5.41) is 0. The summed E-state index contributed by atoms with van der Waals surface area (Å²) in [7, 11) is 0. The Labute approximate surface area is 125 Å². The minimum Gasteiger partial charge on any atom is -0.485 e. The van der Waals surface area contributed by atoms with Gasteiger partial charge in [-0.25, -0.2) is 4.39 Å².